The molecule has 0 aliphatic carbocycles. The Bertz CT molecular complexity index is 1530. The van der Waals surface area contributed by atoms with E-state index in [0.717, 1.165) is 21.9 Å². The molecule has 1 aliphatic heterocycles. The van der Waals surface area contributed by atoms with Crippen molar-refractivity contribution in [2.24, 2.45) is 0 Å². The van der Waals surface area contributed by atoms with Crippen molar-refractivity contribution < 1.29 is 22.7 Å². The van der Waals surface area contributed by atoms with Gasteiger partial charge in [-0.1, -0.05) is 74.5 Å². The summed E-state index contributed by atoms with van der Waals surface area (Å²) >= 11 is 0. The van der Waals surface area contributed by atoms with E-state index in [0.29, 0.717) is 23.5 Å². The summed E-state index contributed by atoms with van der Waals surface area (Å²) < 4.78 is 39.4. The molecule has 1 heterocycles. The number of benzene rings is 4. The summed E-state index contributed by atoms with van der Waals surface area (Å²) in [5.74, 6) is 0.0476. The van der Waals surface area contributed by atoms with Gasteiger partial charge in [-0.15, -0.1) is 0 Å². The van der Waals surface area contributed by atoms with Crippen LogP contribution in [0.5, 0.6) is 11.5 Å². The Hall–Kier alpha value is -3.84. The number of carbonyl (C=O) groups excluding carboxylic acids is 1. The first-order chi connectivity index (χ1) is 17.3. The Morgan fingerprint density at radius 3 is 2.28 bits per heavy atom. The Morgan fingerprint density at radius 2 is 1.53 bits per heavy atom. The summed E-state index contributed by atoms with van der Waals surface area (Å²) in [5, 5.41) is 2.15. The van der Waals surface area contributed by atoms with E-state index in [2.05, 4.69) is 4.72 Å². The SMILES string of the molecule is CC(C)c1ccc(S(=O)(=O)NC(=O)C(Cc2ccc3ccccc3c2)c2ccc3c(c2)OCO3)cc1. The third-order valence-corrected chi connectivity index (χ3v) is 7.82. The highest BCUT2D eigenvalue weighted by atomic mass is 32.2. The van der Waals surface area contributed by atoms with Crippen molar-refractivity contribution >= 4 is 26.7 Å². The second-order valence-corrected chi connectivity index (χ2v) is 10.9. The first-order valence-electron chi connectivity index (χ1n) is 11.8. The Kier molecular flexibility index (Phi) is 6.41. The van der Waals surface area contributed by atoms with E-state index in [4.69, 9.17) is 9.47 Å². The molecule has 0 saturated heterocycles. The van der Waals surface area contributed by atoms with Gasteiger partial charge in [-0.2, -0.15) is 0 Å². The van der Waals surface area contributed by atoms with Crippen LogP contribution in [0, 0.1) is 0 Å². The van der Waals surface area contributed by atoms with Gasteiger partial charge in [-0.25, -0.2) is 13.1 Å². The quantitative estimate of drug-likeness (QED) is 0.360. The van der Waals surface area contributed by atoms with Crippen LogP contribution in [0.2, 0.25) is 0 Å². The second-order valence-electron chi connectivity index (χ2n) is 9.24. The van der Waals surface area contributed by atoms with Gasteiger partial charge < -0.3 is 9.47 Å². The zero-order chi connectivity index (χ0) is 25.3. The molecule has 0 spiro atoms. The monoisotopic (exact) mass is 501 g/mol. The smallest absolute Gasteiger partial charge is 0.264 e. The van der Waals surface area contributed by atoms with E-state index in [1.807, 2.05) is 56.3 Å². The lowest BCUT2D eigenvalue weighted by Crippen LogP contribution is -2.35. The maximum absolute atomic E-state index is 13.5. The predicted octanol–water partition coefficient (Wildman–Crippen LogP) is 5.52. The molecule has 1 N–H and O–H groups in total. The molecule has 0 saturated carbocycles. The van der Waals surface area contributed by atoms with Gasteiger partial charge in [-0.3, -0.25) is 4.79 Å². The minimum absolute atomic E-state index is 0.0513. The summed E-state index contributed by atoms with van der Waals surface area (Å²) in [6.45, 7) is 4.18. The zero-order valence-electron chi connectivity index (χ0n) is 20.1. The van der Waals surface area contributed by atoms with Crippen LogP contribution in [-0.2, 0) is 21.2 Å². The molecule has 4 aromatic carbocycles. The van der Waals surface area contributed by atoms with Crippen LogP contribution >= 0.6 is 0 Å². The lowest BCUT2D eigenvalue weighted by atomic mass is 9.90. The average Bonchev–Trinajstić information content (AvgIpc) is 3.35. The van der Waals surface area contributed by atoms with E-state index >= 15 is 0 Å². The Morgan fingerprint density at radius 1 is 0.833 bits per heavy atom. The maximum Gasteiger partial charge on any atom is 0.264 e. The molecule has 1 atom stereocenters. The molecule has 0 bridgehead atoms. The zero-order valence-corrected chi connectivity index (χ0v) is 20.9. The number of ether oxygens (including phenoxy) is 2. The molecular weight excluding hydrogens is 474 g/mol. The minimum atomic E-state index is -4.05. The molecule has 0 aromatic heterocycles. The van der Waals surface area contributed by atoms with Crippen molar-refractivity contribution in [3.63, 3.8) is 0 Å². The normalized spacial score (nSPS) is 13.6. The molecule has 6 nitrogen and oxygen atoms in total. The summed E-state index contributed by atoms with van der Waals surface area (Å²) in [4.78, 5) is 13.6. The van der Waals surface area contributed by atoms with Gasteiger partial charge in [0.05, 0.1) is 10.8 Å². The van der Waals surface area contributed by atoms with Gasteiger partial charge in [0.2, 0.25) is 12.7 Å². The molecule has 36 heavy (non-hydrogen) atoms. The van der Waals surface area contributed by atoms with Crippen molar-refractivity contribution in [3.05, 3.63) is 102 Å². The lowest BCUT2D eigenvalue weighted by molar-refractivity contribution is -0.120. The van der Waals surface area contributed by atoms with Crippen LogP contribution in [0.4, 0.5) is 0 Å². The second kappa shape index (κ2) is 9.66. The van der Waals surface area contributed by atoms with Crippen LogP contribution in [0.1, 0.15) is 42.4 Å². The summed E-state index contributed by atoms with van der Waals surface area (Å²) in [6, 6.07) is 25.9. The number of rotatable bonds is 7. The van der Waals surface area contributed by atoms with E-state index < -0.39 is 21.8 Å². The summed E-state index contributed by atoms with van der Waals surface area (Å²) in [6.07, 6.45) is 0.318. The highest BCUT2D eigenvalue weighted by Gasteiger charge is 2.28. The number of carbonyl (C=O) groups is 1. The van der Waals surface area contributed by atoms with E-state index in [-0.39, 0.29) is 17.6 Å². The third kappa shape index (κ3) is 4.93. The number of hydrogen-bond donors (Lipinski definition) is 1. The van der Waals surface area contributed by atoms with Gasteiger partial charge in [0.25, 0.3) is 10.0 Å². The van der Waals surface area contributed by atoms with E-state index in [1.54, 1.807) is 30.3 Å². The largest absolute Gasteiger partial charge is 0.454 e. The van der Waals surface area contributed by atoms with E-state index in [9.17, 15) is 13.2 Å². The molecule has 184 valence electrons. The fourth-order valence-corrected chi connectivity index (χ4v) is 5.41. The van der Waals surface area contributed by atoms with Gasteiger partial charge in [0.15, 0.2) is 11.5 Å². The minimum Gasteiger partial charge on any atom is -0.454 e. The van der Waals surface area contributed by atoms with Gasteiger partial charge in [-0.05, 0) is 64.1 Å². The van der Waals surface area contributed by atoms with Crippen LogP contribution in [-0.4, -0.2) is 21.1 Å². The average molecular weight is 502 g/mol. The Balaban J connectivity index is 1.46. The molecule has 7 heteroatoms. The lowest BCUT2D eigenvalue weighted by Gasteiger charge is -2.18. The molecule has 1 amide bonds. The van der Waals surface area contributed by atoms with Crippen LogP contribution in [0.15, 0.2) is 89.8 Å². The molecule has 4 aromatic rings. The number of sulfonamides is 1. The van der Waals surface area contributed by atoms with Crippen molar-refractivity contribution in [2.75, 3.05) is 6.79 Å². The van der Waals surface area contributed by atoms with Crippen LogP contribution in [0.3, 0.4) is 0 Å². The predicted molar refractivity (Wildman–Crippen MR) is 139 cm³/mol. The summed E-state index contributed by atoms with van der Waals surface area (Å²) in [7, 11) is -4.05. The van der Waals surface area contributed by atoms with Crippen LogP contribution < -0.4 is 14.2 Å². The molecular formula is C29H27NO5S. The summed E-state index contributed by atoms with van der Waals surface area (Å²) in [5.41, 5.74) is 2.59. The number of fused-ring (bicyclic) bond motifs is 2. The molecule has 0 radical (unpaired) electrons. The van der Waals surface area contributed by atoms with Gasteiger partial charge in [0.1, 0.15) is 0 Å². The van der Waals surface area contributed by atoms with Gasteiger partial charge >= 0.3 is 0 Å². The number of hydrogen-bond acceptors (Lipinski definition) is 5. The maximum atomic E-state index is 13.5. The molecule has 1 unspecified atom stereocenters. The standard InChI is InChI=1S/C29H27NO5S/c1-19(2)21-9-12-25(13-10-21)36(32,33)30-29(31)26(24-11-14-27-28(17-24)35-18-34-27)16-20-7-8-22-5-3-4-6-23(22)15-20/h3-15,17,19,26H,16,18H2,1-2H3,(H,30,31). The molecule has 5 rings (SSSR count). The van der Waals surface area contributed by atoms with Crippen LogP contribution in [0.25, 0.3) is 10.8 Å². The first-order valence-corrected chi connectivity index (χ1v) is 13.3. The number of amides is 1. The topological polar surface area (TPSA) is 81.7 Å². The fourth-order valence-electron chi connectivity index (χ4n) is 4.39. The van der Waals surface area contributed by atoms with Crippen molar-refractivity contribution in [2.45, 2.75) is 37.0 Å². The van der Waals surface area contributed by atoms with Crippen molar-refractivity contribution in [1.29, 1.82) is 0 Å². The van der Waals surface area contributed by atoms with Gasteiger partial charge in [0, 0.05) is 0 Å². The number of nitrogens with one attached hydrogen (secondary N) is 1. The highest BCUT2D eigenvalue weighted by Crippen LogP contribution is 2.36. The first kappa shape index (κ1) is 23.9. The third-order valence-electron chi connectivity index (χ3n) is 6.46. The Labute approximate surface area is 210 Å². The van der Waals surface area contributed by atoms with E-state index in [1.165, 1.54) is 12.1 Å². The fraction of sp³-hybridized carbons (Fsp3) is 0.207. The van der Waals surface area contributed by atoms with Crippen molar-refractivity contribution in [3.8, 4) is 11.5 Å². The molecule has 0 fully saturated rings. The van der Waals surface area contributed by atoms with Crippen molar-refractivity contribution in [1.82, 2.24) is 4.72 Å². The highest BCUT2D eigenvalue weighted by molar-refractivity contribution is 7.90. The molecule has 1 aliphatic rings.